The average molecular weight is 970 g/mol. The van der Waals surface area contributed by atoms with Crippen molar-refractivity contribution in [2.45, 2.75) is 346 Å². The van der Waals surface area contributed by atoms with Gasteiger partial charge in [0.2, 0.25) is 0 Å². The number of hydrogen-bond acceptors (Lipinski definition) is 0. The summed E-state index contributed by atoms with van der Waals surface area (Å²) in [6, 6.07) is 0. The molecule has 0 aliphatic heterocycles. The van der Waals surface area contributed by atoms with Crippen LogP contribution in [0.4, 0.5) is 0 Å². The Labute approximate surface area is 442 Å². The minimum atomic E-state index is 0.500. The SMILES string of the molecule is C=CCC.CC(C)(C)C1CC1.CC(C)C(C)(C)C.CC(C)CC1CC1.CC1(C)CCC1.CC1(C)CCCC1.CC1CC=CC1.CC1CCC1.CC1CCCC1.CCC(C)(C)C.CCC1(CC)CCC1. The molecular formula is C69H140. The Morgan fingerprint density at radius 3 is 0.928 bits per heavy atom. The number of rotatable bonds is 5. The molecule has 0 aromatic carbocycles. The van der Waals surface area contributed by atoms with Crippen LogP contribution in [0.1, 0.15) is 346 Å². The summed E-state index contributed by atoms with van der Waals surface area (Å²) in [5.74, 6) is 6.96. The predicted octanol–water partition coefficient (Wildman–Crippen LogP) is 25.3. The smallest absolute Gasteiger partial charge is 0.0303 e. The molecule has 0 spiro atoms. The molecule has 0 heterocycles. The molecule has 0 heteroatoms. The normalized spacial score (nSPS) is 21.5. The second-order valence-corrected chi connectivity index (χ2v) is 29.8. The van der Waals surface area contributed by atoms with E-state index >= 15 is 0 Å². The number of allylic oxidation sites excluding steroid dienone is 3. The zero-order valence-electron chi connectivity index (χ0n) is 53.3. The molecule has 0 aromatic rings. The first-order valence-corrected chi connectivity index (χ1v) is 31.0. The summed E-state index contributed by atoms with van der Waals surface area (Å²) in [6.07, 6.45) is 46.7. The first-order valence-electron chi connectivity index (χ1n) is 31.0. The molecule has 0 aromatic heterocycles. The predicted molar refractivity (Wildman–Crippen MR) is 324 cm³/mol. The Kier molecular flexibility index (Phi) is 41.1. The Morgan fingerprint density at radius 1 is 0.522 bits per heavy atom. The Hall–Kier alpha value is -0.520. The van der Waals surface area contributed by atoms with E-state index in [1.165, 1.54) is 173 Å². The largest absolute Gasteiger partial charge is 0.103 e. The van der Waals surface area contributed by atoms with Crippen molar-refractivity contribution in [1.82, 2.24) is 0 Å². The van der Waals surface area contributed by atoms with Crippen LogP contribution in [-0.4, -0.2) is 0 Å². The van der Waals surface area contributed by atoms with Gasteiger partial charge in [-0.05, 0) is 151 Å². The van der Waals surface area contributed by atoms with Crippen LogP contribution < -0.4 is 0 Å². The second kappa shape index (κ2) is 39.0. The van der Waals surface area contributed by atoms with E-state index in [0.717, 1.165) is 58.7 Å². The van der Waals surface area contributed by atoms with E-state index in [9.17, 15) is 0 Å². The van der Waals surface area contributed by atoms with Gasteiger partial charge in [0.15, 0.2) is 0 Å². The molecule has 0 radical (unpaired) electrons. The van der Waals surface area contributed by atoms with Crippen molar-refractivity contribution in [3.63, 3.8) is 0 Å². The lowest BCUT2D eigenvalue weighted by Crippen LogP contribution is -2.27. The highest BCUT2D eigenvalue weighted by molar-refractivity contribution is 4.92. The van der Waals surface area contributed by atoms with E-state index in [-0.39, 0.29) is 0 Å². The van der Waals surface area contributed by atoms with Crippen LogP contribution in [0.5, 0.6) is 0 Å². The van der Waals surface area contributed by atoms with E-state index in [1.54, 1.807) is 0 Å². The summed E-state index contributed by atoms with van der Waals surface area (Å²) in [6.45, 7) is 58.3. The summed E-state index contributed by atoms with van der Waals surface area (Å²) < 4.78 is 0. The van der Waals surface area contributed by atoms with Gasteiger partial charge < -0.3 is 0 Å². The number of hydrogen-bond donors (Lipinski definition) is 0. The van der Waals surface area contributed by atoms with Crippen LogP contribution in [0.15, 0.2) is 24.8 Å². The quantitative estimate of drug-likeness (QED) is 0.241. The van der Waals surface area contributed by atoms with Crippen LogP contribution in [0.25, 0.3) is 0 Å². The second-order valence-electron chi connectivity index (χ2n) is 29.8. The molecule has 0 saturated heterocycles. The van der Waals surface area contributed by atoms with Crippen LogP contribution in [0.2, 0.25) is 0 Å². The molecule has 0 N–H and O–H groups in total. The molecular weight excluding hydrogens is 829 g/mol. The topological polar surface area (TPSA) is 0 Å². The highest BCUT2D eigenvalue weighted by Crippen LogP contribution is 2.46. The van der Waals surface area contributed by atoms with E-state index in [0.29, 0.717) is 21.7 Å². The highest BCUT2D eigenvalue weighted by atomic mass is 14.4. The highest BCUT2D eigenvalue weighted by Gasteiger charge is 2.34. The van der Waals surface area contributed by atoms with Crippen molar-refractivity contribution in [3.8, 4) is 0 Å². The van der Waals surface area contributed by atoms with Crippen molar-refractivity contribution >= 4 is 0 Å². The fourth-order valence-corrected chi connectivity index (χ4v) is 8.32. The van der Waals surface area contributed by atoms with Gasteiger partial charge in [-0.25, -0.2) is 0 Å². The van der Waals surface area contributed by atoms with E-state index in [2.05, 4.69) is 185 Å². The van der Waals surface area contributed by atoms with Crippen molar-refractivity contribution < 1.29 is 0 Å². The van der Waals surface area contributed by atoms with Gasteiger partial charge >= 0.3 is 0 Å². The average Bonchev–Trinajstić information content (AvgIpc) is 4.10. The molecule has 0 unspecified atom stereocenters. The molecule has 8 rings (SSSR count). The first kappa shape index (κ1) is 72.7. The van der Waals surface area contributed by atoms with Crippen molar-refractivity contribution in [1.29, 1.82) is 0 Å². The molecule has 0 bridgehead atoms. The standard InChI is InChI=1S/C8H16.3C7H14.C7H16.2C6H12.C6H10.C6H14.C5H10.C4H8/c1-3-8(4-2)6-5-7-8;1-7(2,3)6-4-5-6;1-6(2)5-7-3-4-7;1-7(2)5-3-4-6-7;1-6(2)7(3,4)5;1-6(2)4-3-5-6;2*1-6-4-2-3-5-6;1-5-6(2,3)4;1-5-3-2-4-5;1-3-4-2/h3-7H2,1-2H3;6H,4-5H2,1-3H3;6-7H,3-5H2,1-2H3;3-6H2,1-2H3;6H,1-5H3;3-5H2,1-2H3;6H,2-5H2,1H3;2-3,6H,4-5H2,1H3;5H2,1-4H3;5H,2-4H2,1H3;3H,1,4H2,2H3. The maximum Gasteiger partial charge on any atom is -0.0303 e. The fraction of sp³-hybridized carbons (Fsp3) is 0.942. The summed E-state index contributed by atoms with van der Waals surface area (Å²) >= 11 is 0. The fourth-order valence-electron chi connectivity index (χ4n) is 8.32. The molecule has 7 saturated carbocycles. The van der Waals surface area contributed by atoms with Gasteiger partial charge in [0.25, 0.3) is 0 Å². The van der Waals surface area contributed by atoms with Crippen molar-refractivity contribution in [3.05, 3.63) is 24.8 Å². The summed E-state index contributed by atoms with van der Waals surface area (Å²) in [5, 5.41) is 0. The van der Waals surface area contributed by atoms with Gasteiger partial charge in [-0.3, -0.25) is 0 Å². The van der Waals surface area contributed by atoms with Crippen LogP contribution in [0, 0.1) is 73.9 Å². The lowest BCUT2D eigenvalue weighted by atomic mass is 9.65. The van der Waals surface area contributed by atoms with Crippen LogP contribution in [0.3, 0.4) is 0 Å². The third kappa shape index (κ3) is 49.5. The van der Waals surface area contributed by atoms with E-state index in [4.69, 9.17) is 0 Å². The molecule has 69 heavy (non-hydrogen) atoms. The molecule has 0 atom stereocenters. The zero-order valence-corrected chi connectivity index (χ0v) is 53.3. The zero-order chi connectivity index (χ0) is 54.0. The maximum atomic E-state index is 3.48. The summed E-state index contributed by atoms with van der Waals surface area (Å²) in [4.78, 5) is 0. The summed E-state index contributed by atoms with van der Waals surface area (Å²) in [7, 11) is 0. The Balaban J connectivity index is -0.000000697. The third-order valence-electron chi connectivity index (χ3n) is 17.2. The van der Waals surface area contributed by atoms with Gasteiger partial charge in [-0.15, -0.1) is 6.58 Å². The first-order chi connectivity index (χ1) is 31.7. The minimum Gasteiger partial charge on any atom is -0.103 e. The Bertz CT molecular complexity index is 1080. The lowest BCUT2D eigenvalue weighted by molar-refractivity contribution is 0.121. The van der Waals surface area contributed by atoms with Crippen molar-refractivity contribution in [2.75, 3.05) is 0 Å². The third-order valence-corrected chi connectivity index (χ3v) is 17.2. The molecule has 0 nitrogen and oxygen atoms in total. The van der Waals surface area contributed by atoms with Gasteiger partial charge in [0, 0.05) is 0 Å². The molecule has 8 aliphatic carbocycles. The minimum absolute atomic E-state index is 0.500. The van der Waals surface area contributed by atoms with Gasteiger partial charge in [0.05, 0.1) is 0 Å². The monoisotopic (exact) mass is 969 g/mol. The van der Waals surface area contributed by atoms with Gasteiger partial charge in [-0.1, -0.05) is 287 Å². The van der Waals surface area contributed by atoms with Crippen LogP contribution >= 0.6 is 0 Å². The molecule has 416 valence electrons. The van der Waals surface area contributed by atoms with Gasteiger partial charge in [-0.2, -0.15) is 0 Å². The van der Waals surface area contributed by atoms with E-state index in [1.807, 2.05) is 6.08 Å². The maximum absolute atomic E-state index is 3.48. The van der Waals surface area contributed by atoms with Crippen molar-refractivity contribution in [2.24, 2.45) is 73.9 Å². The summed E-state index contributed by atoms with van der Waals surface area (Å²) in [5.41, 5.74) is 3.88. The Morgan fingerprint density at radius 2 is 0.870 bits per heavy atom. The van der Waals surface area contributed by atoms with Crippen LogP contribution in [-0.2, 0) is 0 Å². The van der Waals surface area contributed by atoms with E-state index < -0.39 is 0 Å². The molecule has 0 amide bonds. The lowest BCUT2D eigenvalue weighted by Gasteiger charge is -2.40. The molecule has 8 aliphatic rings. The molecule has 7 fully saturated rings. The van der Waals surface area contributed by atoms with Gasteiger partial charge in [0.1, 0.15) is 0 Å².